The predicted molar refractivity (Wildman–Crippen MR) is 44.4 cm³/mol. The van der Waals surface area contributed by atoms with E-state index < -0.39 is 11.2 Å². The molecule has 0 aromatic heterocycles. The molecule has 11 heavy (non-hydrogen) atoms. The molecule has 0 bridgehead atoms. The monoisotopic (exact) mass is 178 g/mol. The minimum absolute atomic E-state index is 0.562. The lowest BCUT2D eigenvalue weighted by Crippen LogP contribution is -2.44. The third-order valence-electron chi connectivity index (χ3n) is 1.63. The van der Waals surface area contributed by atoms with Crippen molar-refractivity contribution >= 4 is 11.8 Å². The van der Waals surface area contributed by atoms with E-state index in [0.717, 1.165) is 5.75 Å². The van der Waals surface area contributed by atoms with E-state index in [1.54, 1.807) is 11.8 Å². The first-order chi connectivity index (χ1) is 5.19. The van der Waals surface area contributed by atoms with Crippen molar-refractivity contribution in [2.45, 2.75) is 25.1 Å². The normalized spacial score (nSPS) is 39.0. The van der Waals surface area contributed by atoms with Gasteiger partial charge in [0.2, 0.25) is 0 Å². The van der Waals surface area contributed by atoms with Crippen molar-refractivity contribution in [2.75, 3.05) is 19.0 Å². The molecule has 1 saturated heterocycles. The number of thioether (sulfide) groups is 1. The van der Waals surface area contributed by atoms with E-state index in [4.69, 9.17) is 9.47 Å². The fourth-order valence-electron chi connectivity index (χ4n) is 1.03. The largest absolute Gasteiger partial charge is 0.365 e. The molecule has 0 spiro atoms. The van der Waals surface area contributed by atoms with Gasteiger partial charge >= 0.3 is 0 Å². The van der Waals surface area contributed by atoms with Crippen molar-refractivity contribution in [1.82, 2.24) is 0 Å². The molecule has 2 unspecified atom stereocenters. The predicted octanol–water partition coefficient (Wildman–Crippen LogP) is 0.821. The highest BCUT2D eigenvalue weighted by Crippen LogP contribution is 2.33. The highest BCUT2D eigenvalue weighted by Gasteiger charge is 2.37. The smallest absolute Gasteiger partial charge is 0.193 e. The van der Waals surface area contributed by atoms with Gasteiger partial charge in [-0.15, -0.1) is 11.8 Å². The summed E-state index contributed by atoms with van der Waals surface area (Å²) in [6.45, 7) is 4.97. The summed E-state index contributed by atoms with van der Waals surface area (Å²) in [4.78, 5) is -0.562. The van der Waals surface area contributed by atoms with E-state index in [1.807, 2.05) is 13.8 Å². The minimum atomic E-state index is -0.791. The van der Waals surface area contributed by atoms with E-state index in [-0.39, 0.29) is 0 Å². The number of hydrogen-bond donors (Lipinski definition) is 1. The maximum atomic E-state index is 9.39. The van der Waals surface area contributed by atoms with Gasteiger partial charge in [-0.1, -0.05) is 0 Å². The van der Waals surface area contributed by atoms with Crippen LogP contribution in [-0.2, 0) is 9.47 Å². The average Bonchev–Trinajstić information content (AvgIpc) is 1.96. The number of hydrogen-bond acceptors (Lipinski definition) is 4. The molecule has 1 heterocycles. The topological polar surface area (TPSA) is 38.7 Å². The first-order valence-corrected chi connectivity index (χ1v) is 4.75. The summed E-state index contributed by atoms with van der Waals surface area (Å²) in [7, 11) is 0. The molecule has 1 aliphatic heterocycles. The van der Waals surface area contributed by atoms with Crippen molar-refractivity contribution in [3.63, 3.8) is 0 Å². The maximum Gasteiger partial charge on any atom is 0.193 e. The number of aliphatic hydroxyl groups excluding tert-OH is 1. The Labute approximate surface area is 71.1 Å². The van der Waals surface area contributed by atoms with Crippen LogP contribution in [0.25, 0.3) is 0 Å². The van der Waals surface area contributed by atoms with Gasteiger partial charge in [-0.25, -0.2) is 0 Å². The van der Waals surface area contributed by atoms with Gasteiger partial charge in [0, 0.05) is 12.4 Å². The average molecular weight is 178 g/mol. The van der Waals surface area contributed by atoms with Gasteiger partial charge in [0.1, 0.15) is 0 Å². The second-order valence-electron chi connectivity index (χ2n) is 2.52. The molecule has 0 aromatic rings. The van der Waals surface area contributed by atoms with Crippen LogP contribution in [-0.4, -0.2) is 35.3 Å². The SMILES string of the molecule is CCOC1(C)SCCOC1O. The zero-order valence-electron chi connectivity index (χ0n) is 6.87. The van der Waals surface area contributed by atoms with Crippen LogP contribution in [0.1, 0.15) is 13.8 Å². The molecular weight excluding hydrogens is 164 g/mol. The van der Waals surface area contributed by atoms with Crippen molar-refractivity contribution in [1.29, 1.82) is 0 Å². The molecule has 1 rings (SSSR count). The number of rotatable bonds is 2. The zero-order chi connectivity index (χ0) is 8.32. The molecule has 0 radical (unpaired) electrons. The van der Waals surface area contributed by atoms with E-state index in [9.17, 15) is 5.11 Å². The third-order valence-corrected chi connectivity index (χ3v) is 2.89. The molecule has 0 saturated carbocycles. The van der Waals surface area contributed by atoms with Gasteiger partial charge in [-0.3, -0.25) is 0 Å². The van der Waals surface area contributed by atoms with Crippen LogP contribution < -0.4 is 0 Å². The Hall–Kier alpha value is 0.230. The number of ether oxygens (including phenoxy) is 2. The summed E-state index contributed by atoms with van der Waals surface area (Å²) in [5, 5.41) is 9.39. The fraction of sp³-hybridized carbons (Fsp3) is 1.00. The molecule has 1 aliphatic rings. The zero-order valence-corrected chi connectivity index (χ0v) is 7.69. The summed E-state index contributed by atoms with van der Waals surface area (Å²) >= 11 is 1.60. The first-order valence-electron chi connectivity index (χ1n) is 3.76. The summed E-state index contributed by atoms with van der Waals surface area (Å²) in [6, 6.07) is 0. The molecule has 2 atom stereocenters. The van der Waals surface area contributed by atoms with Crippen LogP contribution in [0.15, 0.2) is 0 Å². The van der Waals surface area contributed by atoms with Crippen molar-refractivity contribution in [3.8, 4) is 0 Å². The van der Waals surface area contributed by atoms with Crippen molar-refractivity contribution in [2.24, 2.45) is 0 Å². The summed E-state index contributed by atoms with van der Waals surface area (Å²) in [5.41, 5.74) is 0. The molecule has 3 nitrogen and oxygen atoms in total. The second-order valence-corrected chi connectivity index (χ2v) is 4.03. The lowest BCUT2D eigenvalue weighted by atomic mass is 10.4. The summed E-state index contributed by atoms with van der Waals surface area (Å²) in [5.74, 6) is 0.883. The lowest BCUT2D eigenvalue weighted by molar-refractivity contribution is -0.189. The van der Waals surface area contributed by atoms with Crippen LogP contribution in [0.2, 0.25) is 0 Å². The van der Waals surface area contributed by atoms with Crippen LogP contribution in [0.5, 0.6) is 0 Å². The fourth-order valence-corrected chi connectivity index (χ4v) is 2.02. The van der Waals surface area contributed by atoms with Crippen LogP contribution >= 0.6 is 11.8 Å². The summed E-state index contributed by atoms with van der Waals surface area (Å²) < 4.78 is 10.4. The van der Waals surface area contributed by atoms with Crippen molar-refractivity contribution in [3.05, 3.63) is 0 Å². The molecule has 0 aromatic carbocycles. The van der Waals surface area contributed by atoms with Gasteiger partial charge < -0.3 is 14.6 Å². The van der Waals surface area contributed by atoms with Gasteiger partial charge in [0.25, 0.3) is 0 Å². The van der Waals surface area contributed by atoms with Crippen LogP contribution in [0.3, 0.4) is 0 Å². The molecule has 1 N–H and O–H groups in total. The maximum absolute atomic E-state index is 9.39. The van der Waals surface area contributed by atoms with Crippen molar-refractivity contribution < 1.29 is 14.6 Å². The quantitative estimate of drug-likeness (QED) is 0.679. The molecule has 0 aliphatic carbocycles. The standard InChI is InChI=1S/C7H14O3S/c1-3-10-7(2)6(8)9-4-5-11-7/h6,8H,3-5H2,1-2H3. The van der Waals surface area contributed by atoms with Gasteiger partial charge in [-0.05, 0) is 13.8 Å². The Morgan fingerprint density at radius 2 is 2.55 bits per heavy atom. The van der Waals surface area contributed by atoms with Crippen LogP contribution in [0, 0.1) is 0 Å². The van der Waals surface area contributed by atoms with E-state index in [2.05, 4.69) is 0 Å². The highest BCUT2D eigenvalue weighted by molar-refractivity contribution is 8.00. The Kier molecular flexibility index (Phi) is 3.18. The highest BCUT2D eigenvalue weighted by atomic mass is 32.2. The molecular formula is C7H14O3S. The van der Waals surface area contributed by atoms with Crippen LogP contribution in [0.4, 0.5) is 0 Å². The Morgan fingerprint density at radius 3 is 3.09 bits per heavy atom. The van der Waals surface area contributed by atoms with Gasteiger partial charge in [-0.2, -0.15) is 0 Å². The molecule has 0 amide bonds. The van der Waals surface area contributed by atoms with E-state index in [1.165, 1.54) is 0 Å². The lowest BCUT2D eigenvalue weighted by Gasteiger charge is -2.36. The number of aliphatic hydroxyl groups is 1. The molecule has 66 valence electrons. The Balaban J connectivity index is 2.49. The van der Waals surface area contributed by atoms with E-state index in [0.29, 0.717) is 13.2 Å². The molecule has 4 heteroatoms. The Morgan fingerprint density at radius 1 is 1.82 bits per heavy atom. The third kappa shape index (κ3) is 2.08. The first kappa shape index (κ1) is 9.32. The Bertz CT molecular complexity index is 127. The summed E-state index contributed by atoms with van der Waals surface area (Å²) in [6.07, 6.45) is -0.791. The van der Waals surface area contributed by atoms with Gasteiger partial charge in [0.15, 0.2) is 11.2 Å². The minimum Gasteiger partial charge on any atom is -0.365 e. The second kappa shape index (κ2) is 3.76. The van der Waals surface area contributed by atoms with Gasteiger partial charge in [0.05, 0.1) is 6.61 Å². The van der Waals surface area contributed by atoms with E-state index >= 15 is 0 Å². The molecule has 1 fully saturated rings.